The van der Waals surface area contributed by atoms with Gasteiger partial charge in [0.2, 0.25) is 0 Å². The smallest absolute Gasteiger partial charge is 0.550 e. The summed E-state index contributed by atoms with van der Waals surface area (Å²) >= 11 is 0. The molecule has 0 aromatic rings. The summed E-state index contributed by atoms with van der Waals surface area (Å²) in [5.74, 6) is -2.17. The van der Waals surface area contributed by atoms with E-state index in [1.807, 2.05) is 0 Å². The zero-order valence-electron chi connectivity index (χ0n) is 23.5. The lowest BCUT2D eigenvalue weighted by atomic mass is 10.1. The average molecular weight is 517 g/mol. The van der Waals surface area contributed by atoms with Crippen LogP contribution in [0.15, 0.2) is 0 Å². The van der Waals surface area contributed by atoms with Crippen molar-refractivity contribution in [3.05, 3.63) is 0 Å². The number of carbonyl (C=O) groups is 2. The van der Waals surface area contributed by atoms with E-state index in [-0.39, 0.29) is 10.0 Å². The van der Waals surface area contributed by atoms with Gasteiger partial charge < -0.3 is 19.8 Å². The quantitative estimate of drug-likeness (QED) is 0.117. The van der Waals surface area contributed by atoms with Crippen LogP contribution in [0.2, 0.25) is 0 Å². The molecular weight excluding hydrogens is 460 g/mol. The number of rotatable bonds is 24. The molecule has 208 valence electrons. The predicted octanol–water partition coefficient (Wildman–Crippen LogP) is 5.91. The number of hydrogen-bond acceptors (Lipinski definition) is 6. The Balaban J connectivity index is -0.00000110. The van der Waals surface area contributed by atoms with Gasteiger partial charge in [0.1, 0.15) is 13.2 Å². The number of carboxylic acids is 2. The van der Waals surface area contributed by atoms with Crippen LogP contribution in [0.5, 0.6) is 0 Å². The van der Waals surface area contributed by atoms with Gasteiger partial charge in [0.05, 0.1) is 0 Å². The largest absolute Gasteiger partial charge is 1.46 e. The van der Waals surface area contributed by atoms with E-state index in [4.69, 9.17) is 28.7 Å². The zero-order chi connectivity index (χ0) is 26.8. The van der Waals surface area contributed by atoms with Crippen molar-refractivity contribution < 1.29 is 28.7 Å². The molecule has 0 aliphatic heterocycles. The van der Waals surface area contributed by atoms with Crippen LogP contribution in [0.4, 0.5) is 0 Å². The van der Waals surface area contributed by atoms with E-state index in [1.54, 1.807) is 0 Å². The maximum absolute atomic E-state index is 8.89. The summed E-state index contributed by atoms with van der Waals surface area (Å²) in [6, 6.07) is 0. The van der Waals surface area contributed by atoms with Crippen molar-refractivity contribution in [3.8, 4) is 0 Å². The van der Waals surface area contributed by atoms with Gasteiger partial charge in [-0.1, -0.05) is 129 Å². The van der Waals surface area contributed by atoms with E-state index in [0.717, 1.165) is 27.1 Å². The molecule has 0 fully saturated rings. The summed E-state index contributed by atoms with van der Waals surface area (Å²) in [4.78, 5) is 17.8. The molecule has 0 N–H and O–H groups in total. The van der Waals surface area contributed by atoms with Crippen molar-refractivity contribution in [2.45, 2.75) is 156 Å². The fraction of sp³-hybridized carbons (Fsp3) is 0.929. The molecule has 0 saturated carbocycles. The summed E-state index contributed by atoms with van der Waals surface area (Å²) in [7, 11) is 0.256. The summed E-state index contributed by atoms with van der Waals surface area (Å²) in [5.41, 5.74) is 0. The van der Waals surface area contributed by atoms with Gasteiger partial charge in [-0.15, -0.1) is 0 Å². The lowest BCUT2D eigenvalue weighted by Gasteiger charge is -2.00. The topological polar surface area (TPSA) is 98.7 Å². The maximum atomic E-state index is 8.89. The maximum Gasteiger partial charge on any atom is 1.46 e. The first-order chi connectivity index (χ1) is 16.9. The van der Waals surface area contributed by atoms with Crippen LogP contribution in [0.25, 0.3) is 0 Å². The number of aliphatic carboxylic acids is 2. The number of carbonyl (C=O) groups excluding carboxylic acids is 2. The summed E-state index contributed by atoms with van der Waals surface area (Å²) < 4.78 is 11.2. The third-order valence-electron chi connectivity index (χ3n) is 5.32. The predicted molar refractivity (Wildman–Crippen MR) is 143 cm³/mol. The Hall–Kier alpha value is -0.923. The average Bonchev–Trinajstić information content (AvgIpc) is 2.79. The molecule has 0 atom stereocenters. The number of carboxylic acid groups (broad SMARTS) is 2. The van der Waals surface area contributed by atoms with Gasteiger partial charge in [0, 0.05) is 11.9 Å². The Labute approximate surface area is 220 Å². The monoisotopic (exact) mass is 516 g/mol. The van der Waals surface area contributed by atoms with E-state index < -0.39 is 11.9 Å². The van der Waals surface area contributed by atoms with Crippen molar-refractivity contribution in [3.63, 3.8) is 0 Å². The lowest BCUT2D eigenvalue weighted by Crippen LogP contribution is -2.16. The first-order valence-electron chi connectivity index (χ1n) is 14.2. The van der Waals surface area contributed by atoms with E-state index in [0.29, 0.717) is 0 Å². The molecule has 0 radical (unpaired) electrons. The van der Waals surface area contributed by atoms with Crippen LogP contribution in [0.3, 0.4) is 0 Å². The normalized spacial score (nSPS) is 9.94. The number of hydrogen-bond donors (Lipinski definition) is 0. The Kier molecular flexibility index (Phi) is 41.5. The fourth-order valence-electron chi connectivity index (χ4n) is 3.45. The highest BCUT2D eigenvalue weighted by Crippen LogP contribution is 2.11. The highest BCUT2D eigenvalue weighted by Gasteiger charge is 2.48. The molecule has 0 aromatic carbocycles. The van der Waals surface area contributed by atoms with Gasteiger partial charge >= 0.3 is 10.0 Å². The Morgan fingerprint density at radius 2 is 0.686 bits per heavy atom. The molecule has 0 heterocycles. The third kappa shape index (κ3) is 60.0. The van der Waals surface area contributed by atoms with E-state index in [2.05, 4.69) is 13.8 Å². The molecule has 0 amide bonds. The first-order valence-corrected chi connectivity index (χ1v) is 15.0. The highest BCUT2D eigenvalue weighted by molar-refractivity contribution is 6.17. The molecule has 6 nitrogen and oxygen atoms in total. The molecule has 0 aliphatic rings. The van der Waals surface area contributed by atoms with Gasteiger partial charge in [-0.3, -0.25) is 0 Å². The van der Waals surface area contributed by atoms with E-state index >= 15 is 0 Å². The summed E-state index contributed by atoms with van der Waals surface area (Å²) in [6.07, 6.45) is 27.6. The van der Waals surface area contributed by atoms with Gasteiger partial charge in [-0.25, -0.2) is 0 Å². The van der Waals surface area contributed by atoms with Gasteiger partial charge in [-0.05, 0) is 35.5 Å². The minimum absolute atomic E-state index is 0.256. The highest BCUT2D eigenvalue weighted by atomic mass is 28.3. The molecule has 0 bridgehead atoms. The molecule has 35 heavy (non-hydrogen) atoms. The Bertz CT molecular complexity index is 363. The lowest BCUT2D eigenvalue weighted by molar-refractivity contribution is -0.303. The second-order valence-electron chi connectivity index (χ2n) is 9.13. The molecular formula is C28H56O6Si. The summed E-state index contributed by atoms with van der Waals surface area (Å²) in [5, 5.41) is 17.8. The Morgan fingerprint density at radius 1 is 0.486 bits per heavy atom. The van der Waals surface area contributed by atoms with Gasteiger partial charge in [0.15, 0.2) is 0 Å². The first kappa shape index (κ1) is 38.6. The molecule has 0 aliphatic carbocycles. The van der Waals surface area contributed by atoms with Crippen molar-refractivity contribution in [1.29, 1.82) is 0 Å². The van der Waals surface area contributed by atoms with Crippen LogP contribution < -0.4 is 10.2 Å². The van der Waals surface area contributed by atoms with Crippen molar-refractivity contribution in [2.75, 3.05) is 13.2 Å². The molecule has 0 unspecified atom stereocenters. The minimum Gasteiger partial charge on any atom is -0.550 e. The standard InChI is InChI=1S/C24H50O2Si.2C2H4O2/c1-3-5-7-9-11-13-15-17-19-21-23-25-27-26-24-22-20-18-16-14-12-10-8-6-4-2;2*1-2(3)4/h3-24H2,1-2H3;2*1H3,(H,3,4)/q+2;;/p-2. The SMILES string of the molecule is CC(=O)[O-].CC(=O)[O-].CCCCCCCCCCCCO[Si+2]OCCCCCCCCCCCC. The molecule has 0 spiro atoms. The molecule has 0 saturated heterocycles. The molecule has 7 heteroatoms. The van der Waals surface area contributed by atoms with Crippen molar-refractivity contribution in [1.82, 2.24) is 0 Å². The van der Waals surface area contributed by atoms with E-state index in [1.165, 1.54) is 128 Å². The van der Waals surface area contributed by atoms with Crippen molar-refractivity contribution >= 4 is 21.9 Å². The minimum atomic E-state index is -1.08. The van der Waals surface area contributed by atoms with E-state index in [9.17, 15) is 0 Å². The second kappa shape index (κ2) is 37.6. The summed E-state index contributed by atoms with van der Waals surface area (Å²) in [6.45, 7) is 8.28. The van der Waals surface area contributed by atoms with Crippen LogP contribution in [-0.2, 0) is 18.4 Å². The molecule has 0 aromatic heterocycles. The fourth-order valence-corrected chi connectivity index (χ4v) is 3.99. The second-order valence-corrected chi connectivity index (χ2v) is 9.87. The van der Waals surface area contributed by atoms with Gasteiger partial charge in [0.25, 0.3) is 0 Å². The van der Waals surface area contributed by atoms with Crippen molar-refractivity contribution in [2.24, 2.45) is 0 Å². The van der Waals surface area contributed by atoms with Crippen LogP contribution in [-0.4, -0.2) is 35.2 Å². The van der Waals surface area contributed by atoms with Crippen LogP contribution in [0, 0.1) is 0 Å². The number of unbranched alkanes of at least 4 members (excludes halogenated alkanes) is 18. The Morgan fingerprint density at radius 3 is 0.914 bits per heavy atom. The van der Waals surface area contributed by atoms with Crippen LogP contribution >= 0.6 is 0 Å². The zero-order valence-corrected chi connectivity index (χ0v) is 24.5. The van der Waals surface area contributed by atoms with Gasteiger partial charge in [-0.2, -0.15) is 0 Å². The molecule has 0 rings (SSSR count). The van der Waals surface area contributed by atoms with Crippen LogP contribution in [0.1, 0.15) is 156 Å². The third-order valence-corrected chi connectivity index (χ3v) is 5.96.